The molecule has 2 aromatic carbocycles. The van der Waals surface area contributed by atoms with Crippen molar-refractivity contribution < 1.29 is 27.5 Å². The van der Waals surface area contributed by atoms with Crippen molar-refractivity contribution in [1.82, 2.24) is 14.4 Å². The number of ether oxygens (including phenoxy) is 1. The minimum Gasteiger partial charge on any atom is -0.497 e. The van der Waals surface area contributed by atoms with Gasteiger partial charge < -0.3 is 14.2 Å². The van der Waals surface area contributed by atoms with Gasteiger partial charge in [0.15, 0.2) is 0 Å². The number of likely N-dealkylation sites (N-methyl/N-ethyl adjacent to an activating group) is 1. The number of piperidine rings is 1. The van der Waals surface area contributed by atoms with E-state index in [-0.39, 0.29) is 11.6 Å². The molecule has 0 aliphatic carbocycles. The number of aryl methyl sites for hydroxylation is 1. The molecule has 1 spiro atoms. The standard InChI is InChI=1S/C29H30F3N3O3/c1-19-18-21(6-9-23(19)20-4-7-22(38-3)8-5-20)27(37)34-14-12-28(13-15-34)25-11-10-24(26(36)29(30,31)32)35(25)17-16-33(28)2/h4-11,18H,12-17H2,1-3H3. The van der Waals surface area contributed by atoms with E-state index in [4.69, 9.17) is 4.74 Å². The number of nitrogens with zero attached hydrogens (tertiary/aromatic N) is 3. The average Bonchev–Trinajstić information content (AvgIpc) is 3.35. The molecule has 2 aliphatic heterocycles. The number of likely N-dealkylation sites (tertiary alicyclic amines) is 1. The van der Waals surface area contributed by atoms with Gasteiger partial charge in [-0.2, -0.15) is 13.2 Å². The average molecular weight is 526 g/mol. The number of fused-ring (bicyclic) bond motifs is 2. The molecule has 38 heavy (non-hydrogen) atoms. The van der Waals surface area contributed by atoms with Crippen LogP contribution in [0.5, 0.6) is 5.75 Å². The molecule has 9 heteroatoms. The number of amides is 1. The summed E-state index contributed by atoms with van der Waals surface area (Å²) >= 11 is 0. The third-order valence-corrected chi connectivity index (χ3v) is 8.09. The van der Waals surface area contributed by atoms with Crippen LogP contribution in [0.2, 0.25) is 0 Å². The number of methoxy groups -OCH3 is 1. The summed E-state index contributed by atoms with van der Waals surface area (Å²) in [4.78, 5) is 29.4. The third-order valence-electron chi connectivity index (χ3n) is 8.09. The first-order valence-corrected chi connectivity index (χ1v) is 12.6. The van der Waals surface area contributed by atoms with Gasteiger partial charge in [-0.3, -0.25) is 14.5 Å². The number of ketones is 1. The molecule has 2 aliphatic rings. The lowest BCUT2D eigenvalue weighted by atomic mass is 9.81. The second-order valence-corrected chi connectivity index (χ2v) is 10.1. The smallest absolute Gasteiger partial charge is 0.456 e. The van der Waals surface area contributed by atoms with Crippen molar-refractivity contribution in [2.75, 3.05) is 33.8 Å². The molecule has 1 amide bonds. The maximum absolute atomic E-state index is 13.4. The van der Waals surface area contributed by atoms with Crippen molar-refractivity contribution in [3.05, 3.63) is 77.1 Å². The van der Waals surface area contributed by atoms with E-state index in [1.54, 1.807) is 13.2 Å². The number of benzene rings is 2. The number of Topliss-reactive ketones (excluding diaryl/α,β-unsaturated/α-hetero) is 1. The fourth-order valence-electron chi connectivity index (χ4n) is 5.91. The molecule has 0 unspecified atom stereocenters. The summed E-state index contributed by atoms with van der Waals surface area (Å²) < 4.78 is 46.2. The van der Waals surface area contributed by atoms with Crippen LogP contribution in [0.3, 0.4) is 0 Å². The quantitative estimate of drug-likeness (QED) is 0.434. The van der Waals surface area contributed by atoms with E-state index in [1.165, 1.54) is 10.6 Å². The zero-order valence-corrected chi connectivity index (χ0v) is 21.6. The fourth-order valence-corrected chi connectivity index (χ4v) is 5.91. The van der Waals surface area contributed by atoms with Crippen LogP contribution < -0.4 is 4.74 Å². The summed E-state index contributed by atoms with van der Waals surface area (Å²) in [7, 11) is 3.58. The Hall–Kier alpha value is -3.59. The lowest BCUT2D eigenvalue weighted by Gasteiger charge is -2.50. The molecule has 200 valence electrons. The second-order valence-electron chi connectivity index (χ2n) is 10.1. The maximum Gasteiger partial charge on any atom is 0.456 e. The van der Waals surface area contributed by atoms with E-state index in [1.807, 2.05) is 61.3 Å². The first kappa shape index (κ1) is 26.0. The molecule has 6 nitrogen and oxygen atoms in total. The van der Waals surface area contributed by atoms with E-state index in [2.05, 4.69) is 4.90 Å². The van der Waals surface area contributed by atoms with Gasteiger partial charge in [-0.1, -0.05) is 18.2 Å². The first-order chi connectivity index (χ1) is 18.0. The Morgan fingerprint density at radius 2 is 1.61 bits per heavy atom. The molecule has 3 aromatic rings. The molecule has 5 rings (SSSR count). The van der Waals surface area contributed by atoms with Gasteiger partial charge in [-0.05, 0) is 79.9 Å². The number of hydrogen-bond donors (Lipinski definition) is 0. The summed E-state index contributed by atoms with van der Waals surface area (Å²) in [6.45, 7) is 3.76. The SMILES string of the molecule is COc1ccc(-c2ccc(C(=O)N3CCC4(CC3)c3ccc(C(=O)C(F)(F)F)n3CCN4C)cc2C)cc1. The van der Waals surface area contributed by atoms with Crippen molar-refractivity contribution in [3.63, 3.8) is 0 Å². The summed E-state index contributed by atoms with van der Waals surface area (Å²) in [5.74, 6) is -1.10. The highest BCUT2D eigenvalue weighted by molar-refractivity contribution is 5.99. The van der Waals surface area contributed by atoms with E-state index in [9.17, 15) is 22.8 Å². The Balaban J connectivity index is 1.34. The van der Waals surface area contributed by atoms with Crippen molar-refractivity contribution >= 4 is 11.7 Å². The summed E-state index contributed by atoms with van der Waals surface area (Å²) in [5.41, 5.74) is 3.55. The Bertz CT molecular complexity index is 1370. The van der Waals surface area contributed by atoms with E-state index >= 15 is 0 Å². The van der Waals surface area contributed by atoms with E-state index < -0.39 is 17.5 Å². The molecule has 1 fully saturated rings. The third kappa shape index (κ3) is 4.38. The number of halogens is 3. The van der Waals surface area contributed by atoms with Crippen LogP contribution in [0.4, 0.5) is 13.2 Å². The van der Waals surface area contributed by atoms with Crippen LogP contribution in [-0.2, 0) is 12.1 Å². The minimum atomic E-state index is -4.91. The van der Waals surface area contributed by atoms with Gasteiger partial charge in [-0.25, -0.2) is 0 Å². The van der Waals surface area contributed by atoms with Crippen LogP contribution in [0.25, 0.3) is 11.1 Å². The van der Waals surface area contributed by atoms with Crippen molar-refractivity contribution in [2.45, 2.75) is 38.0 Å². The van der Waals surface area contributed by atoms with E-state index in [0.29, 0.717) is 50.3 Å². The van der Waals surface area contributed by atoms with Crippen LogP contribution in [0, 0.1) is 6.92 Å². The minimum absolute atomic E-state index is 0.0639. The highest BCUT2D eigenvalue weighted by Gasteiger charge is 2.47. The Morgan fingerprint density at radius 3 is 2.21 bits per heavy atom. The van der Waals surface area contributed by atoms with Gasteiger partial charge in [0, 0.05) is 37.4 Å². The van der Waals surface area contributed by atoms with Crippen molar-refractivity contribution in [2.24, 2.45) is 0 Å². The molecule has 0 atom stereocenters. The fraction of sp³-hybridized carbons (Fsp3) is 0.379. The Kier molecular flexibility index (Phi) is 6.59. The molecule has 0 N–H and O–H groups in total. The van der Waals surface area contributed by atoms with Gasteiger partial charge in [0.25, 0.3) is 11.7 Å². The van der Waals surface area contributed by atoms with Gasteiger partial charge >= 0.3 is 6.18 Å². The number of aromatic nitrogens is 1. The number of alkyl halides is 3. The van der Waals surface area contributed by atoms with Crippen molar-refractivity contribution in [1.29, 1.82) is 0 Å². The van der Waals surface area contributed by atoms with Crippen molar-refractivity contribution in [3.8, 4) is 16.9 Å². The first-order valence-electron chi connectivity index (χ1n) is 12.6. The number of rotatable bonds is 4. The lowest BCUT2D eigenvalue weighted by molar-refractivity contribution is -0.0892. The summed E-state index contributed by atoms with van der Waals surface area (Å²) in [6, 6.07) is 16.4. The zero-order chi connectivity index (χ0) is 27.2. The van der Waals surface area contributed by atoms with E-state index in [0.717, 1.165) is 22.4 Å². The lowest BCUT2D eigenvalue weighted by Crippen LogP contribution is -2.56. The summed E-state index contributed by atoms with van der Waals surface area (Å²) in [6.07, 6.45) is -3.77. The van der Waals surface area contributed by atoms with Gasteiger partial charge in [0.05, 0.1) is 18.3 Å². The number of carbonyl (C=O) groups is 2. The van der Waals surface area contributed by atoms with Crippen LogP contribution in [0.15, 0.2) is 54.6 Å². The second kappa shape index (κ2) is 9.62. The molecule has 3 heterocycles. The molecule has 1 aromatic heterocycles. The zero-order valence-electron chi connectivity index (χ0n) is 21.6. The molecule has 1 saturated heterocycles. The predicted molar refractivity (Wildman–Crippen MR) is 137 cm³/mol. The molecular weight excluding hydrogens is 495 g/mol. The number of hydrogen-bond acceptors (Lipinski definition) is 4. The Morgan fingerprint density at radius 1 is 0.921 bits per heavy atom. The molecular formula is C29H30F3N3O3. The normalized spacial score (nSPS) is 17.4. The molecule has 0 radical (unpaired) electrons. The Labute approximate surface area is 219 Å². The highest BCUT2D eigenvalue weighted by Crippen LogP contribution is 2.42. The molecule has 0 bridgehead atoms. The van der Waals surface area contributed by atoms with Gasteiger partial charge in [0.1, 0.15) is 5.75 Å². The molecule has 0 saturated carbocycles. The number of carbonyl (C=O) groups excluding carboxylic acids is 2. The van der Waals surface area contributed by atoms with Crippen LogP contribution >= 0.6 is 0 Å². The van der Waals surface area contributed by atoms with Gasteiger partial charge in [-0.15, -0.1) is 0 Å². The highest BCUT2D eigenvalue weighted by atomic mass is 19.4. The predicted octanol–water partition coefficient (Wildman–Crippen LogP) is 5.29. The van der Waals surface area contributed by atoms with Gasteiger partial charge in [0.2, 0.25) is 0 Å². The maximum atomic E-state index is 13.4. The van der Waals surface area contributed by atoms with Crippen LogP contribution in [-0.4, -0.2) is 66.0 Å². The largest absolute Gasteiger partial charge is 0.497 e. The topological polar surface area (TPSA) is 54.8 Å². The monoisotopic (exact) mass is 525 g/mol. The van der Waals surface area contributed by atoms with Crippen LogP contribution in [0.1, 0.15) is 44.9 Å². The summed E-state index contributed by atoms with van der Waals surface area (Å²) in [5, 5.41) is 0.